The van der Waals surface area contributed by atoms with Crippen LogP contribution < -0.4 is 5.01 Å². The smallest absolute Gasteiger partial charge is 0.248 e. The minimum Gasteiger partial charge on any atom is -0.273 e. The van der Waals surface area contributed by atoms with E-state index in [0.717, 1.165) is 23.6 Å². The number of rotatable bonds is 1. The van der Waals surface area contributed by atoms with Gasteiger partial charge in [-0.2, -0.15) is 5.10 Å². The molecule has 2 aromatic rings. The quantitative estimate of drug-likeness (QED) is 0.786. The summed E-state index contributed by atoms with van der Waals surface area (Å²) >= 11 is 1.87. The van der Waals surface area contributed by atoms with Gasteiger partial charge in [0.05, 0.1) is 11.4 Å². The molecule has 2 aromatic carbocycles. The van der Waals surface area contributed by atoms with Crippen molar-refractivity contribution in [3.05, 3.63) is 59.7 Å². The molecule has 3 nitrogen and oxygen atoms in total. The van der Waals surface area contributed by atoms with Crippen LogP contribution in [0.3, 0.4) is 0 Å². The number of fused-ring (bicyclic) bond motifs is 3. The number of benzene rings is 2. The van der Waals surface area contributed by atoms with Crippen LogP contribution in [0.4, 0.5) is 5.69 Å². The Labute approximate surface area is 140 Å². The van der Waals surface area contributed by atoms with Crippen LogP contribution in [0.15, 0.2) is 58.5 Å². The molecule has 23 heavy (non-hydrogen) atoms. The second kappa shape index (κ2) is 5.85. The summed E-state index contributed by atoms with van der Waals surface area (Å²) in [5, 5.41) is 6.35. The van der Waals surface area contributed by atoms with E-state index in [2.05, 4.69) is 24.3 Å². The monoisotopic (exact) mass is 322 g/mol. The number of carbonyl (C=O) groups excluding carboxylic acids is 1. The molecule has 0 aliphatic carbocycles. The summed E-state index contributed by atoms with van der Waals surface area (Å²) in [5.74, 6) is 1.37. The fourth-order valence-electron chi connectivity index (χ4n) is 3.15. The molecule has 2 heterocycles. The van der Waals surface area contributed by atoms with Crippen LogP contribution in [-0.2, 0) is 4.79 Å². The average molecular weight is 322 g/mol. The molecule has 0 radical (unpaired) electrons. The van der Waals surface area contributed by atoms with Crippen molar-refractivity contribution in [1.82, 2.24) is 0 Å². The Hall–Kier alpha value is -2.07. The Kier molecular flexibility index (Phi) is 3.69. The number of nitrogens with zero attached hydrogens (tertiary/aromatic N) is 2. The van der Waals surface area contributed by atoms with E-state index < -0.39 is 0 Å². The molecule has 0 spiro atoms. The molecule has 2 aliphatic heterocycles. The maximum absolute atomic E-state index is 12.6. The second-order valence-corrected chi connectivity index (χ2v) is 7.20. The fourth-order valence-corrected chi connectivity index (χ4v) is 4.28. The number of hydrogen-bond donors (Lipinski definition) is 0. The van der Waals surface area contributed by atoms with Crippen LogP contribution in [0.1, 0.15) is 24.0 Å². The molecule has 0 saturated carbocycles. The predicted molar refractivity (Wildman–Crippen MR) is 95.1 cm³/mol. The molecule has 0 bridgehead atoms. The first-order chi connectivity index (χ1) is 11.2. The number of hydrazone groups is 1. The lowest BCUT2D eigenvalue weighted by molar-refractivity contribution is -0.119. The number of thioether (sulfide) groups is 1. The topological polar surface area (TPSA) is 32.7 Å². The molecule has 0 N–H and O–H groups in total. The Morgan fingerprint density at radius 2 is 1.91 bits per heavy atom. The van der Waals surface area contributed by atoms with Crippen molar-refractivity contribution >= 4 is 29.1 Å². The van der Waals surface area contributed by atoms with Crippen molar-refractivity contribution in [2.75, 3.05) is 10.8 Å². The molecule has 4 heteroatoms. The number of hydrogen-bond acceptors (Lipinski definition) is 3. The van der Waals surface area contributed by atoms with Gasteiger partial charge in [0.25, 0.3) is 0 Å². The molecule has 1 atom stereocenters. The molecule has 1 unspecified atom stereocenters. The van der Waals surface area contributed by atoms with Crippen molar-refractivity contribution in [3.8, 4) is 0 Å². The lowest BCUT2D eigenvalue weighted by Crippen LogP contribution is -2.37. The van der Waals surface area contributed by atoms with E-state index in [-0.39, 0.29) is 11.8 Å². The number of amides is 1. The Morgan fingerprint density at radius 3 is 2.74 bits per heavy atom. The van der Waals surface area contributed by atoms with E-state index in [1.165, 1.54) is 16.0 Å². The second-order valence-electron chi connectivity index (χ2n) is 6.06. The third-order valence-electron chi connectivity index (χ3n) is 4.42. The minimum atomic E-state index is 0.0898. The third kappa shape index (κ3) is 2.68. The van der Waals surface area contributed by atoms with E-state index >= 15 is 0 Å². The predicted octanol–water partition coefficient (Wildman–Crippen LogP) is 4.25. The minimum absolute atomic E-state index is 0.0898. The van der Waals surface area contributed by atoms with Gasteiger partial charge in [0, 0.05) is 22.8 Å². The summed E-state index contributed by atoms with van der Waals surface area (Å²) in [4.78, 5) is 13.8. The molecule has 0 saturated heterocycles. The zero-order chi connectivity index (χ0) is 15.8. The summed E-state index contributed by atoms with van der Waals surface area (Å²) in [6.07, 6.45) is 1.55. The molecule has 1 amide bonds. The summed E-state index contributed by atoms with van der Waals surface area (Å²) in [6, 6.07) is 16.4. The van der Waals surface area contributed by atoms with E-state index in [4.69, 9.17) is 5.10 Å². The summed E-state index contributed by atoms with van der Waals surface area (Å²) < 4.78 is 0. The lowest BCUT2D eigenvalue weighted by atomic mass is 9.90. The van der Waals surface area contributed by atoms with Gasteiger partial charge >= 0.3 is 0 Å². The molecule has 116 valence electrons. The first-order valence-corrected chi connectivity index (χ1v) is 8.91. The summed E-state index contributed by atoms with van der Waals surface area (Å²) in [5.41, 5.74) is 4.27. The van der Waals surface area contributed by atoms with Crippen LogP contribution in [0.5, 0.6) is 0 Å². The average Bonchev–Trinajstić information content (AvgIpc) is 2.74. The largest absolute Gasteiger partial charge is 0.273 e. The number of aryl methyl sites for hydroxylation is 1. The molecular weight excluding hydrogens is 304 g/mol. The van der Waals surface area contributed by atoms with Crippen LogP contribution in [0.2, 0.25) is 0 Å². The Balaban J connectivity index is 1.81. The van der Waals surface area contributed by atoms with Gasteiger partial charge in [0.1, 0.15) is 0 Å². The van der Waals surface area contributed by atoms with E-state index in [0.29, 0.717) is 6.42 Å². The molecule has 0 aromatic heterocycles. The van der Waals surface area contributed by atoms with Gasteiger partial charge in [0.15, 0.2) is 0 Å². The van der Waals surface area contributed by atoms with E-state index in [9.17, 15) is 4.79 Å². The third-order valence-corrected chi connectivity index (χ3v) is 5.52. The highest BCUT2D eigenvalue weighted by atomic mass is 32.2. The highest BCUT2D eigenvalue weighted by Crippen LogP contribution is 2.36. The highest BCUT2D eigenvalue weighted by Gasteiger charge is 2.33. The Morgan fingerprint density at radius 1 is 1.13 bits per heavy atom. The number of carbonyl (C=O) groups is 1. The maximum Gasteiger partial charge on any atom is 0.248 e. The van der Waals surface area contributed by atoms with Crippen molar-refractivity contribution in [1.29, 1.82) is 0 Å². The van der Waals surface area contributed by atoms with Gasteiger partial charge in [-0.3, -0.25) is 4.79 Å². The van der Waals surface area contributed by atoms with Gasteiger partial charge in [-0.05, 0) is 37.3 Å². The number of anilines is 1. The standard InChI is InChI=1S/C19H18N2OS/c1-13-6-8-15(9-7-13)21-18(22)12-14-10-11-23-17-5-3-2-4-16(17)19(14)20-21/h2-9,14H,10-12H2,1H3. The van der Waals surface area contributed by atoms with Crippen LogP contribution in [0.25, 0.3) is 0 Å². The van der Waals surface area contributed by atoms with Crippen molar-refractivity contribution < 1.29 is 4.79 Å². The molecular formula is C19H18N2OS. The van der Waals surface area contributed by atoms with Gasteiger partial charge in [-0.1, -0.05) is 35.9 Å². The van der Waals surface area contributed by atoms with Crippen molar-refractivity contribution in [2.24, 2.45) is 11.0 Å². The first kappa shape index (κ1) is 14.5. The zero-order valence-corrected chi connectivity index (χ0v) is 13.8. The molecule has 2 aliphatic rings. The molecule has 4 rings (SSSR count). The summed E-state index contributed by atoms with van der Waals surface area (Å²) in [6.45, 7) is 2.04. The lowest BCUT2D eigenvalue weighted by Gasteiger charge is -2.28. The van der Waals surface area contributed by atoms with E-state index in [1.54, 1.807) is 5.01 Å². The zero-order valence-electron chi connectivity index (χ0n) is 13.0. The van der Waals surface area contributed by atoms with Crippen LogP contribution >= 0.6 is 11.8 Å². The first-order valence-electron chi connectivity index (χ1n) is 7.93. The van der Waals surface area contributed by atoms with Crippen molar-refractivity contribution in [3.63, 3.8) is 0 Å². The molecule has 0 fully saturated rings. The SMILES string of the molecule is Cc1ccc(N2N=C3c4ccccc4SCCC3CC2=O)cc1. The van der Waals surface area contributed by atoms with Gasteiger partial charge < -0.3 is 0 Å². The van der Waals surface area contributed by atoms with E-state index in [1.807, 2.05) is 43.0 Å². The Bertz CT molecular complexity index is 782. The van der Waals surface area contributed by atoms with Crippen molar-refractivity contribution in [2.45, 2.75) is 24.7 Å². The highest BCUT2D eigenvalue weighted by molar-refractivity contribution is 7.99. The van der Waals surface area contributed by atoms with Gasteiger partial charge in [-0.15, -0.1) is 11.8 Å². The summed E-state index contributed by atoms with van der Waals surface area (Å²) in [7, 11) is 0. The van der Waals surface area contributed by atoms with Crippen LogP contribution in [0, 0.1) is 12.8 Å². The van der Waals surface area contributed by atoms with Gasteiger partial charge in [-0.25, -0.2) is 5.01 Å². The van der Waals surface area contributed by atoms with Crippen LogP contribution in [-0.4, -0.2) is 17.4 Å². The fraction of sp³-hybridized carbons (Fsp3) is 0.263. The maximum atomic E-state index is 12.6. The normalized spacial score (nSPS) is 20.4. The van der Waals surface area contributed by atoms with Gasteiger partial charge in [0.2, 0.25) is 5.91 Å².